The first-order chi connectivity index (χ1) is 12.4. The first kappa shape index (κ1) is 18.9. The molecule has 0 unspecified atom stereocenters. The van der Waals surface area contributed by atoms with E-state index in [2.05, 4.69) is 72.8 Å². The molecule has 4 nitrogen and oxygen atoms in total. The number of carbonyl (C=O) groups excluding carboxylic acids is 1. The summed E-state index contributed by atoms with van der Waals surface area (Å²) in [6.07, 6.45) is 0. The first-order valence-corrected chi connectivity index (χ1v) is 10.2. The molecule has 3 rings (SSSR count). The molecule has 0 spiro atoms. The van der Waals surface area contributed by atoms with Crippen molar-refractivity contribution in [3.05, 3.63) is 57.8 Å². The second-order valence-electron chi connectivity index (χ2n) is 7.75. The van der Waals surface area contributed by atoms with Crippen LogP contribution in [0.2, 0.25) is 0 Å². The zero-order valence-electron chi connectivity index (χ0n) is 16.0. The quantitative estimate of drug-likeness (QED) is 0.866. The Morgan fingerprint density at radius 1 is 1.12 bits per heavy atom. The first-order valence-electron chi connectivity index (χ1n) is 9.29. The molecular weight excluding hydrogens is 342 g/mol. The van der Waals surface area contributed by atoms with Crippen LogP contribution in [-0.4, -0.2) is 48.6 Å². The van der Waals surface area contributed by atoms with Crippen LogP contribution in [-0.2, 0) is 12.0 Å². The number of urea groups is 1. The summed E-state index contributed by atoms with van der Waals surface area (Å²) >= 11 is 1.80. The molecule has 0 radical (unpaired) electrons. The van der Waals surface area contributed by atoms with Gasteiger partial charge in [0.25, 0.3) is 0 Å². The van der Waals surface area contributed by atoms with E-state index >= 15 is 0 Å². The third kappa shape index (κ3) is 4.86. The fourth-order valence-electron chi connectivity index (χ4n) is 3.25. The van der Waals surface area contributed by atoms with Gasteiger partial charge in [0.05, 0.1) is 0 Å². The van der Waals surface area contributed by atoms with Crippen molar-refractivity contribution < 1.29 is 4.79 Å². The number of thiophene rings is 1. The van der Waals surface area contributed by atoms with Gasteiger partial charge in [-0.3, -0.25) is 4.90 Å². The number of nitrogens with zero attached hydrogens (tertiary/aromatic N) is 2. The van der Waals surface area contributed by atoms with Crippen LogP contribution in [0.5, 0.6) is 0 Å². The summed E-state index contributed by atoms with van der Waals surface area (Å²) in [6.45, 7) is 11.5. The highest BCUT2D eigenvalue weighted by molar-refractivity contribution is 7.09. The van der Waals surface area contributed by atoms with E-state index in [9.17, 15) is 4.79 Å². The summed E-state index contributed by atoms with van der Waals surface area (Å²) < 4.78 is 0. The molecule has 0 atom stereocenters. The van der Waals surface area contributed by atoms with Crippen molar-refractivity contribution in [3.63, 3.8) is 0 Å². The van der Waals surface area contributed by atoms with Gasteiger partial charge in [0, 0.05) is 49.6 Å². The van der Waals surface area contributed by atoms with E-state index in [0.717, 1.165) is 32.7 Å². The van der Waals surface area contributed by atoms with Gasteiger partial charge in [0.2, 0.25) is 0 Å². The number of aryl methyl sites for hydroxylation is 1. The molecular formula is C21H29N3OS. The second-order valence-corrected chi connectivity index (χ2v) is 8.78. The summed E-state index contributed by atoms with van der Waals surface area (Å²) in [7, 11) is 0. The maximum atomic E-state index is 12.6. The standard InChI is InChI=1S/C21H29N3OS/c1-17-6-8-18(9-7-17)21(2,3)16-22-20(25)24-12-10-23(11-13-24)15-19-5-4-14-26-19/h4-9,14H,10-13,15-16H2,1-3H3,(H,22,25). The largest absolute Gasteiger partial charge is 0.337 e. The summed E-state index contributed by atoms with van der Waals surface area (Å²) in [5, 5.41) is 5.26. The van der Waals surface area contributed by atoms with Gasteiger partial charge in [-0.15, -0.1) is 11.3 Å². The van der Waals surface area contributed by atoms with E-state index in [1.807, 2.05) is 4.90 Å². The summed E-state index contributed by atoms with van der Waals surface area (Å²) in [5.74, 6) is 0. The van der Waals surface area contributed by atoms with Gasteiger partial charge in [-0.25, -0.2) is 4.79 Å². The second kappa shape index (κ2) is 8.23. The molecule has 1 aliphatic heterocycles. The molecule has 26 heavy (non-hydrogen) atoms. The lowest BCUT2D eigenvalue weighted by Crippen LogP contribution is -2.52. The lowest BCUT2D eigenvalue weighted by molar-refractivity contribution is 0.135. The molecule has 1 N–H and O–H groups in total. The Bertz CT molecular complexity index is 701. The number of hydrogen-bond acceptors (Lipinski definition) is 3. The third-order valence-corrected chi connectivity index (χ3v) is 5.99. The van der Waals surface area contributed by atoms with Gasteiger partial charge >= 0.3 is 6.03 Å². The van der Waals surface area contributed by atoms with E-state index in [-0.39, 0.29) is 11.4 Å². The van der Waals surface area contributed by atoms with Crippen LogP contribution < -0.4 is 5.32 Å². The Kier molecular flexibility index (Phi) is 5.99. The van der Waals surface area contributed by atoms with Gasteiger partial charge in [0.15, 0.2) is 0 Å². The van der Waals surface area contributed by atoms with Crippen LogP contribution in [0.3, 0.4) is 0 Å². The molecule has 140 valence electrons. The van der Waals surface area contributed by atoms with Gasteiger partial charge in [-0.2, -0.15) is 0 Å². The van der Waals surface area contributed by atoms with Gasteiger partial charge < -0.3 is 10.2 Å². The van der Waals surface area contributed by atoms with Crippen LogP contribution in [0.15, 0.2) is 41.8 Å². The van der Waals surface area contributed by atoms with Gasteiger partial charge in [-0.1, -0.05) is 49.7 Å². The average molecular weight is 372 g/mol. The zero-order chi connectivity index (χ0) is 18.6. The maximum absolute atomic E-state index is 12.6. The minimum atomic E-state index is -0.0790. The van der Waals surface area contributed by atoms with E-state index in [4.69, 9.17) is 0 Å². The number of nitrogens with one attached hydrogen (secondary N) is 1. The molecule has 1 aromatic carbocycles. The molecule has 1 aliphatic rings. The Labute approximate surface area is 160 Å². The highest BCUT2D eigenvalue weighted by Gasteiger charge is 2.25. The van der Waals surface area contributed by atoms with Crippen LogP contribution in [0, 0.1) is 6.92 Å². The molecule has 0 bridgehead atoms. The molecule has 0 saturated carbocycles. The van der Waals surface area contributed by atoms with E-state index in [1.54, 1.807) is 11.3 Å². The molecule has 2 heterocycles. The molecule has 1 aromatic heterocycles. The minimum Gasteiger partial charge on any atom is -0.337 e. The van der Waals surface area contributed by atoms with Crippen molar-refractivity contribution in [2.45, 2.75) is 32.7 Å². The lowest BCUT2D eigenvalue weighted by Gasteiger charge is -2.35. The number of benzene rings is 1. The number of carbonyl (C=O) groups is 1. The molecule has 5 heteroatoms. The summed E-state index contributed by atoms with van der Waals surface area (Å²) in [4.78, 5) is 18.3. The average Bonchev–Trinajstić information content (AvgIpc) is 3.14. The lowest BCUT2D eigenvalue weighted by atomic mass is 9.84. The van der Waals surface area contributed by atoms with Gasteiger partial charge in [0.1, 0.15) is 0 Å². The predicted octanol–water partition coefficient (Wildman–Crippen LogP) is 3.86. The SMILES string of the molecule is Cc1ccc(C(C)(C)CNC(=O)N2CCN(Cc3cccs3)CC2)cc1. The zero-order valence-corrected chi connectivity index (χ0v) is 16.8. The van der Waals surface area contributed by atoms with Crippen LogP contribution in [0.1, 0.15) is 29.9 Å². The van der Waals surface area contributed by atoms with E-state index < -0.39 is 0 Å². The van der Waals surface area contributed by atoms with Crippen molar-refractivity contribution in [1.82, 2.24) is 15.1 Å². The Hall–Kier alpha value is -1.85. The molecule has 0 aliphatic carbocycles. The summed E-state index contributed by atoms with van der Waals surface area (Å²) in [6, 6.07) is 12.9. The molecule has 1 saturated heterocycles. The summed E-state index contributed by atoms with van der Waals surface area (Å²) in [5.41, 5.74) is 2.43. The van der Waals surface area contributed by atoms with Crippen molar-refractivity contribution in [3.8, 4) is 0 Å². The minimum absolute atomic E-state index is 0.0564. The van der Waals surface area contributed by atoms with E-state index in [0.29, 0.717) is 6.54 Å². The van der Waals surface area contributed by atoms with Crippen molar-refractivity contribution in [2.75, 3.05) is 32.7 Å². The highest BCUT2D eigenvalue weighted by Crippen LogP contribution is 2.22. The van der Waals surface area contributed by atoms with Gasteiger partial charge in [-0.05, 0) is 23.9 Å². The highest BCUT2D eigenvalue weighted by atomic mass is 32.1. The Morgan fingerprint density at radius 2 is 1.81 bits per heavy atom. The number of hydrogen-bond donors (Lipinski definition) is 1. The molecule has 2 amide bonds. The van der Waals surface area contributed by atoms with Crippen LogP contribution >= 0.6 is 11.3 Å². The third-order valence-electron chi connectivity index (χ3n) is 5.13. The fraction of sp³-hybridized carbons (Fsp3) is 0.476. The molecule has 1 fully saturated rings. The van der Waals surface area contributed by atoms with Crippen molar-refractivity contribution in [1.29, 1.82) is 0 Å². The van der Waals surface area contributed by atoms with Crippen LogP contribution in [0.4, 0.5) is 4.79 Å². The normalized spacial score (nSPS) is 15.9. The molecule has 2 aromatic rings. The Balaban J connectivity index is 1.46. The maximum Gasteiger partial charge on any atom is 0.317 e. The van der Waals surface area contributed by atoms with Crippen molar-refractivity contribution in [2.24, 2.45) is 0 Å². The number of rotatable bonds is 5. The van der Waals surface area contributed by atoms with Crippen molar-refractivity contribution >= 4 is 17.4 Å². The fourth-order valence-corrected chi connectivity index (χ4v) is 3.99. The van der Waals surface area contributed by atoms with Crippen LogP contribution in [0.25, 0.3) is 0 Å². The number of piperazine rings is 1. The smallest absolute Gasteiger partial charge is 0.317 e. The monoisotopic (exact) mass is 371 g/mol. The topological polar surface area (TPSA) is 35.6 Å². The Morgan fingerprint density at radius 3 is 2.42 bits per heavy atom. The van der Waals surface area contributed by atoms with E-state index in [1.165, 1.54) is 16.0 Å². The number of amides is 2. The predicted molar refractivity (Wildman–Crippen MR) is 109 cm³/mol.